The van der Waals surface area contributed by atoms with E-state index in [4.69, 9.17) is 11.6 Å². The molecule has 2 heteroatoms. The van der Waals surface area contributed by atoms with Crippen LogP contribution in [0.1, 0.15) is 29.3 Å². The Morgan fingerprint density at radius 1 is 1.43 bits per heavy atom. The molecule has 0 spiro atoms. The molecule has 1 rings (SSSR count). The lowest BCUT2D eigenvalue weighted by Gasteiger charge is -2.00. The highest BCUT2D eigenvalue weighted by Crippen LogP contribution is 2.15. The van der Waals surface area contributed by atoms with Gasteiger partial charge in [-0.15, -0.1) is 5.92 Å². The van der Waals surface area contributed by atoms with Crippen molar-refractivity contribution in [3.05, 3.63) is 34.3 Å². The van der Waals surface area contributed by atoms with E-state index in [2.05, 4.69) is 11.8 Å². The molecule has 0 aromatic heterocycles. The van der Waals surface area contributed by atoms with Crippen LogP contribution in [-0.4, -0.2) is 5.78 Å². The molecule has 0 saturated heterocycles. The summed E-state index contributed by atoms with van der Waals surface area (Å²) in [5.74, 6) is 5.46. The maximum Gasteiger partial charge on any atom is 0.174 e. The quantitative estimate of drug-likeness (QED) is 0.536. The topological polar surface area (TPSA) is 17.1 Å². The summed E-state index contributed by atoms with van der Waals surface area (Å²) in [6.07, 6.45) is 0.260. The SMILES string of the molecule is CC#CCC(=O)c1cc(C)cc(Cl)c1. The van der Waals surface area contributed by atoms with Gasteiger partial charge >= 0.3 is 0 Å². The Labute approximate surface area is 89.1 Å². The first-order valence-corrected chi connectivity index (χ1v) is 4.71. The zero-order chi connectivity index (χ0) is 10.6. The highest BCUT2D eigenvalue weighted by Gasteiger charge is 2.05. The Hall–Kier alpha value is -1.26. The van der Waals surface area contributed by atoms with Crippen molar-refractivity contribution in [1.29, 1.82) is 0 Å². The third-order valence-corrected chi connectivity index (χ3v) is 2.01. The van der Waals surface area contributed by atoms with Gasteiger partial charge in [-0.1, -0.05) is 17.5 Å². The molecule has 1 aromatic carbocycles. The van der Waals surface area contributed by atoms with Gasteiger partial charge in [-0.25, -0.2) is 0 Å². The number of hydrogen-bond donors (Lipinski definition) is 0. The van der Waals surface area contributed by atoms with Gasteiger partial charge in [0.05, 0.1) is 6.42 Å². The predicted molar refractivity (Wildman–Crippen MR) is 58.6 cm³/mol. The highest BCUT2D eigenvalue weighted by molar-refractivity contribution is 6.31. The summed E-state index contributed by atoms with van der Waals surface area (Å²) in [5, 5.41) is 0.595. The van der Waals surface area contributed by atoms with E-state index in [0.29, 0.717) is 10.6 Å². The fourth-order valence-corrected chi connectivity index (χ4v) is 1.46. The first kappa shape index (κ1) is 10.8. The van der Waals surface area contributed by atoms with E-state index < -0.39 is 0 Å². The van der Waals surface area contributed by atoms with E-state index in [1.807, 2.05) is 19.1 Å². The molecule has 0 amide bonds. The van der Waals surface area contributed by atoms with Gasteiger partial charge in [0.1, 0.15) is 0 Å². The minimum absolute atomic E-state index is 0.0185. The number of ketones is 1. The monoisotopic (exact) mass is 206 g/mol. The van der Waals surface area contributed by atoms with Crippen LogP contribution in [0, 0.1) is 18.8 Å². The number of halogens is 1. The van der Waals surface area contributed by atoms with Crippen LogP contribution in [0.15, 0.2) is 18.2 Å². The maximum atomic E-state index is 11.5. The molecule has 0 aliphatic heterocycles. The molecule has 1 aromatic rings. The highest BCUT2D eigenvalue weighted by atomic mass is 35.5. The Balaban J connectivity index is 2.93. The molecule has 14 heavy (non-hydrogen) atoms. The number of carbonyl (C=O) groups excluding carboxylic acids is 1. The summed E-state index contributed by atoms with van der Waals surface area (Å²) >= 11 is 5.84. The number of aryl methyl sites for hydroxylation is 1. The van der Waals surface area contributed by atoms with Crippen molar-refractivity contribution in [3.8, 4) is 11.8 Å². The van der Waals surface area contributed by atoms with Crippen molar-refractivity contribution in [2.75, 3.05) is 0 Å². The molecular formula is C12H11ClO. The Bertz CT molecular complexity index is 390. The second-order valence-corrected chi connectivity index (χ2v) is 3.48. The zero-order valence-corrected chi connectivity index (χ0v) is 8.98. The summed E-state index contributed by atoms with van der Waals surface area (Å²) in [7, 11) is 0. The molecule has 0 bridgehead atoms. The van der Waals surface area contributed by atoms with Crippen LogP contribution < -0.4 is 0 Å². The van der Waals surface area contributed by atoms with E-state index in [9.17, 15) is 4.79 Å². The molecule has 1 nitrogen and oxygen atoms in total. The fraction of sp³-hybridized carbons (Fsp3) is 0.250. The lowest BCUT2D eigenvalue weighted by Crippen LogP contribution is -1.97. The molecule has 72 valence electrons. The summed E-state index contributed by atoms with van der Waals surface area (Å²) in [6.45, 7) is 3.63. The van der Waals surface area contributed by atoms with Gasteiger partial charge in [0.2, 0.25) is 0 Å². The number of benzene rings is 1. The third kappa shape index (κ3) is 2.90. The molecule has 0 heterocycles. The van der Waals surface area contributed by atoms with Crippen LogP contribution in [0.2, 0.25) is 5.02 Å². The molecule has 0 N–H and O–H groups in total. The average molecular weight is 207 g/mol. The molecule has 0 fully saturated rings. The minimum Gasteiger partial charge on any atom is -0.293 e. The zero-order valence-electron chi connectivity index (χ0n) is 8.23. The Kier molecular flexibility index (Phi) is 3.73. The molecule has 0 aliphatic carbocycles. The number of carbonyl (C=O) groups is 1. The largest absolute Gasteiger partial charge is 0.293 e. The third-order valence-electron chi connectivity index (χ3n) is 1.79. The lowest BCUT2D eigenvalue weighted by atomic mass is 10.1. The number of hydrogen-bond acceptors (Lipinski definition) is 1. The first-order chi connectivity index (χ1) is 6.63. The molecule has 0 unspecified atom stereocenters. The molecule has 0 aliphatic rings. The normalized spacial score (nSPS) is 9.07. The van der Waals surface area contributed by atoms with E-state index in [1.54, 1.807) is 13.0 Å². The number of rotatable bonds is 2. The molecule has 0 saturated carbocycles. The number of Topliss-reactive ketones (excluding diaryl/α,β-unsaturated/α-hetero) is 1. The van der Waals surface area contributed by atoms with Crippen molar-refractivity contribution in [1.82, 2.24) is 0 Å². The first-order valence-electron chi connectivity index (χ1n) is 4.33. The van der Waals surface area contributed by atoms with E-state index in [-0.39, 0.29) is 12.2 Å². The van der Waals surface area contributed by atoms with Crippen LogP contribution in [-0.2, 0) is 0 Å². The molecule has 0 atom stereocenters. The second kappa shape index (κ2) is 4.83. The van der Waals surface area contributed by atoms with E-state index in [0.717, 1.165) is 5.56 Å². The fourth-order valence-electron chi connectivity index (χ4n) is 1.17. The average Bonchev–Trinajstić information content (AvgIpc) is 2.12. The van der Waals surface area contributed by atoms with Gasteiger partial charge in [0.15, 0.2) is 5.78 Å². The molecular weight excluding hydrogens is 196 g/mol. The van der Waals surface area contributed by atoms with Crippen LogP contribution >= 0.6 is 11.6 Å². The van der Waals surface area contributed by atoms with Gasteiger partial charge in [-0.2, -0.15) is 0 Å². The summed E-state index contributed by atoms with van der Waals surface area (Å²) < 4.78 is 0. The van der Waals surface area contributed by atoms with Gasteiger partial charge in [0, 0.05) is 10.6 Å². The lowest BCUT2D eigenvalue weighted by molar-refractivity contribution is 0.0998. The van der Waals surface area contributed by atoms with E-state index >= 15 is 0 Å². The summed E-state index contributed by atoms with van der Waals surface area (Å²) in [4.78, 5) is 11.5. The van der Waals surface area contributed by atoms with Crippen molar-refractivity contribution in [2.45, 2.75) is 20.3 Å². The van der Waals surface area contributed by atoms with Gasteiger partial charge in [0.25, 0.3) is 0 Å². The Morgan fingerprint density at radius 2 is 2.14 bits per heavy atom. The van der Waals surface area contributed by atoms with Crippen molar-refractivity contribution in [2.24, 2.45) is 0 Å². The smallest absolute Gasteiger partial charge is 0.174 e. The van der Waals surface area contributed by atoms with Crippen molar-refractivity contribution < 1.29 is 4.79 Å². The van der Waals surface area contributed by atoms with E-state index in [1.165, 1.54) is 0 Å². The van der Waals surface area contributed by atoms with Crippen LogP contribution in [0.25, 0.3) is 0 Å². The van der Waals surface area contributed by atoms with Crippen molar-refractivity contribution in [3.63, 3.8) is 0 Å². The van der Waals surface area contributed by atoms with Gasteiger partial charge in [-0.3, -0.25) is 4.79 Å². The van der Waals surface area contributed by atoms with Crippen LogP contribution in [0.4, 0.5) is 0 Å². The van der Waals surface area contributed by atoms with Gasteiger partial charge in [-0.05, 0) is 37.6 Å². The van der Waals surface area contributed by atoms with Crippen LogP contribution in [0.3, 0.4) is 0 Å². The predicted octanol–water partition coefficient (Wildman–Crippen LogP) is 3.24. The second-order valence-electron chi connectivity index (χ2n) is 3.04. The minimum atomic E-state index is 0.0185. The standard InChI is InChI=1S/C12H11ClO/c1-3-4-5-12(14)10-6-9(2)7-11(13)8-10/h6-8H,5H2,1-2H3. The Morgan fingerprint density at radius 3 is 2.71 bits per heavy atom. The maximum absolute atomic E-state index is 11.5. The summed E-state index contributed by atoms with van der Waals surface area (Å²) in [5.41, 5.74) is 1.63. The molecule has 0 radical (unpaired) electrons. The van der Waals surface area contributed by atoms with Crippen molar-refractivity contribution >= 4 is 17.4 Å². The summed E-state index contributed by atoms with van der Waals surface area (Å²) in [6, 6.07) is 5.32. The van der Waals surface area contributed by atoms with Crippen LogP contribution in [0.5, 0.6) is 0 Å². The van der Waals surface area contributed by atoms with Gasteiger partial charge < -0.3 is 0 Å².